The summed E-state index contributed by atoms with van der Waals surface area (Å²) >= 11 is 0. The Hall–Kier alpha value is -2.69. The molecule has 0 fully saturated rings. The SMILES string of the molecule is CCCCCCC(C)C(=O)c1ccc(-c2c(C(=O)O)ccc(OCCCCC)c2F)cc1. The topological polar surface area (TPSA) is 63.6 Å². The Balaban J connectivity index is 2.22. The molecule has 0 bridgehead atoms. The van der Waals surface area contributed by atoms with Crippen molar-refractivity contribution in [3.05, 3.63) is 53.3 Å². The molecule has 4 nitrogen and oxygen atoms in total. The van der Waals surface area contributed by atoms with Gasteiger partial charge in [-0.25, -0.2) is 9.18 Å². The summed E-state index contributed by atoms with van der Waals surface area (Å²) in [4.78, 5) is 24.4. The number of carbonyl (C=O) groups excluding carboxylic acids is 1. The minimum absolute atomic E-state index is 0.0166. The maximum absolute atomic E-state index is 15.2. The van der Waals surface area contributed by atoms with Crippen LogP contribution in [0, 0.1) is 11.7 Å². The minimum atomic E-state index is -1.21. The number of Topliss-reactive ketones (excluding diaryl/α,β-unsaturated/α-hetero) is 1. The maximum Gasteiger partial charge on any atom is 0.336 e. The summed E-state index contributed by atoms with van der Waals surface area (Å²) in [5.41, 5.74) is 0.816. The Bertz CT molecular complexity index is 889. The van der Waals surface area contributed by atoms with Crippen molar-refractivity contribution in [3.63, 3.8) is 0 Å². The van der Waals surface area contributed by atoms with Crippen LogP contribution in [0.5, 0.6) is 5.75 Å². The number of ketones is 1. The Labute approximate surface area is 190 Å². The Morgan fingerprint density at radius 2 is 1.59 bits per heavy atom. The first kappa shape index (κ1) is 25.6. The molecule has 1 unspecified atom stereocenters. The van der Waals surface area contributed by atoms with Crippen LogP contribution in [0.2, 0.25) is 0 Å². The molecule has 2 aromatic rings. The van der Waals surface area contributed by atoms with Crippen molar-refractivity contribution in [1.29, 1.82) is 0 Å². The number of carbonyl (C=O) groups is 2. The van der Waals surface area contributed by atoms with Gasteiger partial charge in [0.05, 0.1) is 12.2 Å². The predicted molar refractivity (Wildman–Crippen MR) is 126 cm³/mol. The summed E-state index contributed by atoms with van der Waals surface area (Å²) in [7, 11) is 0. The van der Waals surface area contributed by atoms with E-state index >= 15 is 4.39 Å². The molecule has 0 aromatic heterocycles. The van der Waals surface area contributed by atoms with Gasteiger partial charge in [-0.1, -0.05) is 83.6 Å². The van der Waals surface area contributed by atoms with Gasteiger partial charge in [-0.15, -0.1) is 0 Å². The number of rotatable bonds is 14. The molecule has 0 spiro atoms. The number of hydrogen-bond acceptors (Lipinski definition) is 3. The molecule has 174 valence electrons. The average molecular weight is 443 g/mol. The molecule has 5 heteroatoms. The standard InChI is InChI=1S/C27H35FO4/c1-4-6-8-9-11-19(3)26(29)21-14-12-20(13-15-21)24-22(27(30)31)16-17-23(25(24)28)32-18-10-7-5-2/h12-17,19H,4-11,18H2,1-3H3,(H,30,31). The van der Waals surface area contributed by atoms with Crippen LogP contribution in [0.15, 0.2) is 36.4 Å². The number of carboxylic acids is 1. The van der Waals surface area contributed by atoms with Gasteiger partial charge in [0.1, 0.15) is 0 Å². The van der Waals surface area contributed by atoms with Gasteiger partial charge in [0, 0.05) is 17.0 Å². The highest BCUT2D eigenvalue weighted by molar-refractivity contribution is 5.99. The molecule has 0 heterocycles. The van der Waals surface area contributed by atoms with Crippen molar-refractivity contribution in [2.24, 2.45) is 5.92 Å². The zero-order valence-electron chi connectivity index (χ0n) is 19.5. The monoisotopic (exact) mass is 442 g/mol. The van der Waals surface area contributed by atoms with E-state index in [0.717, 1.165) is 44.9 Å². The Kier molecular flexibility index (Phi) is 10.4. The van der Waals surface area contributed by atoms with E-state index in [4.69, 9.17) is 4.74 Å². The number of ether oxygens (including phenoxy) is 1. The number of carboxylic acid groups (broad SMARTS) is 1. The first-order chi connectivity index (χ1) is 15.4. The number of halogens is 1. The maximum atomic E-state index is 15.2. The van der Waals surface area contributed by atoms with Crippen LogP contribution in [0.25, 0.3) is 11.1 Å². The second kappa shape index (κ2) is 13.0. The lowest BCUT2D eigenvalue weighted by Crippen LogP contribution is -2.11. The first-order valence-corrected chi connectivity index (χ1v) is 11.7. The van der Waals surface area contributed by atoms with Crippen molar-refractivity contribution in [2.75, 3.05) is 6.61 Å². The van der Waals surface area contributed by atoms with E-state index in [1.54, 1.807) is 24.3 Å². The van der Waals surface area contributed by atoms with Gasteiger partial charge in [-0.3, -0.25) is 4.79 Å². The quantitative estimate of drug-likeness (QED) is 0.242. The van der Waals surface area contributed by atoms with Crippen molar-refractivity contribution < 1.29 is 23.8 Å². The Morgan fingerprint density at radius 3 is 2.22 bits per heavy atom. The number of unbranched alkanes of at least 4 members (excludes halogenated alkanes) is 5. The number of benzene rings is 2. The van der Waals surface area contributed by atoms with Crippen LogP contribution in [0.4, 0.5) is 4.39 Å². The van der Waals surface area contributed by atoms with E-state index in [1.165, 1.54) is 18.6 Å². The van der Waals surface area contributed by atoms with E-state index < -0.39 is 11.8 Å². The van der Waals surface area contributed by atoms with Gasteiger partial charge >= 0.3 is 5.97 Å². The lowest BCUT2D eigenvalue weighted by atomic mass is 9.92. The summed E-state index contributed by atoms with van der Waals surface area (Å²) in [6.07, 6.45) is 8.14. The molecule has 1 N–H and O–H groups in total. The van der Waals surface area contributed by atoms with E-state index in [0.29, 0.717) is 17.7 Å². The number of aromatic carboxylic acids is 1. The first-order valence-electron chi connectivity index (χ1n) is 11.7. The largest absolute Gasteiger partial charge is 0.490 e. The van der Waals surface area contributed by atoms with Gasteiger partial charge < -0.3 is 9.84 Å². The van der Waals surface area contributed by atoms with Crippen LogP contribution < -0.4 is 4.74 Å². The van der Waals surface area contributed by atoms with Crippen LogP contribution in [-0.4, -0.2) is 23.5 Å². The molecule has 0 radical (unpaired) electrons. The molecule has 0 saturated carbocycles. The lowest BCUT2D eigenvalue weighted by Gasteiger charge is -2.14. The third-order valence-corrected chi connectivity index (χ3v) is 5.74. The fourth-order valence-corrected chi connectivity index (χ4v) is 3.76. The second-order valence-electron chi connectivity index (χ2n) is 8.35. The third-order valence-electron chi connectivity index (χ3n) is 5.74. The fraction of sp³-hybridized carbons (Fsp3) is 0.481. The van der Waals surface area contributed by atoms with E-state index in [1.807, 2.05) is 6.92 Å². The highest BCUT2D eigenvalue weighted by atomic mass is 19.1. The molecule has 1 atom stereocenters. The highest BCUT2D eigenvalue weighted by Crippen LogP contribution is 2.33. The van der Waals surface area contributed by atoms with Crippen molar-refractivity contribution in [1.82, 2.24) is 0 Å². The van der Waals surface area contributed by atoms with Gasteiger partial charge in [-0.2, -0.15) is 0 Å². The van der Waals surface area contributed by atoms with Crippen LogP contribution >= 0.6 is 0 Å². The Morgan fingerprint density at radius 1 is 0.938 bits per heavy atom. The zero-order valence-corrected chi connectivity index (χ0v) is 19.5. The van der Waals surface area contributed by atoms with Crippen molar-refractivity contribution in [3.8, 4) is 16.9 Å². The molecular weight excluding hydrogens is 407 g/mol. The molecule has 0 amide bonds. The molecule has 0 saturated heterocycles. The van der Waals surface area contributed by atoms with Gasteiger partial charge in [0.15, 0.2) is 17.3 Å². The zero-order chi connectivity index (χ0) is 23.5. The number of hydrogen-bond donors (Lipinski definition) is 1. The van der Waals surface area contributed by atoms with Crippen LogP contribution in [0.3, 0.4) is 0 Å². The normalized spacial score (nSPS) is 11.9. The summed E-state index contributed by atoms with van der Waals surface area (Å²) in [6.45, 7) is 6.54. The lowest BCUT2D eigenvalue weighted by molar-refractivity contribution is 0.0697. The molecule has 0 aliphatic carbocycles. The third kappa shape index (κ3) is 6.91. The van der Waals surface area contributed by atoms with E-state index in [2.05, 4.69) is 13.8 Å². The van der Waals surface area contributed by atoms with E-state index in [9.17, 15) is 14.7 Å². The van der Waals surface area contributed by atoms with Crippen LogP contribution in [0.1, 0.15) is 92.9 Å². The molecular formula is C27H35FO4. The average Bonchev–Trinajstić information content (AvgIpc) is 2.79. The molecule has 2 rings (SSSR count). The molecule has 0 aliphatic rings. The van der Waals surface area contributed by atoms with Gasteiger partial charge in [0.25, 0.3) is 0 Å². The predicted octanol–water partition coefficient (Wildman–Crippen LogP) is 7.55. The smallest absolute Gasteiger partial charge is 0.336 e. The van der Waals surface area contributed by atoms with Gasteiger partial charge in [0.2, 0.25) is 0 Å². The second-order valence-corrected chi connectivity index (χ2v) is 8.35. The molecule has 2 aromatic carbocycles. The summed E-state index contributed by atoms with van der Waals surface area (Å²) in [6, 6.07) is 9.27. The van der Waals surface area contributed by atoms with Gasteiger partial charge in [-0.05, 0) is 30.5 Å². The summed E-state index contributed by atoms with van der Waals surface area (Å²) in [5.74, 6) is -1.88. The molecule has 32 heavy (non-hydrogen) atoms. The van der Waals surface area contributed by atoms with Crippen molar-refractivity contribution in [2.45, 2.75) is 72.1 Å². The summed E-state index contributed by atoms with van der Waals surface area (Å²) in [5, 5.41) is 9.56. The minimum Gasteiger partial charge on any atom is -0.490 e. The highest BCUT2D eigenvalue weighted by Gasteiger charge is 2.21. The van der Waals surface area contributed by atoms with E-state index in [-0.39, 0.29) is 28.6 Å². The van der Waals surface area contributed by atoms with Crippen LogP contribution in [-0.2, 0) is 0 Å². The summed E-state index contributed by atoms with van der Waals surface area (Å²) < 4.78 is 20.8. The van der Waals surface area contributed by atoms with Crippen molar-refractivity contribution >= 4 is 11.8 Å². The fourth-order valence-electron chi connectivity index (χ4n) is 3.76. The molecule has 0 aliphatic heterocycles.